The first-order valence-electron chi connectivity index (χ1n) is 21.2. The number of aromatic nitrogens is 3. The van der Waals surface area contributed by atoms with Crippen molar-refractivity contribution < 1.29 is 38.7 Å². The lowest BCUT2D eigenvalue weighted by molar-refractivity contribution is -0.122. The van der Waals surface area contributed by atoms with E-state index in [1.54, 1.807) is 10.8 Å². The van der Waals surface area contributed by atoms with E-state index in [-0.39, 0.29) is 29.8 Å². The third-order valence-corrected chi connectivity index (χ3v) is 10.2. The molecule has 3 heterocycles. The Morgan fingerprint density at radius 3 is 2.27 bits per heavy atom. The summed E-state index contributed by atoms with van der Waals surface area (Å²) >= 11 is 0. The van der Waals surface area contributed by atoms with Crippen molar-refractivity contribution in [2.45, 2.75) is 110 Å². The van der Waals surface area contributed by atoms with Crippen LogP contribution in [0.1, 0.15) is 91.0 Å². The highest BCUT2D eigenvalue weighted by Crippen LogP contribution is 2.35. The maximum absolute atomic E-state index is 12.6. The number of amides is 3. The zero-order chi connectivity index (χ0) is 43.5. The number of hydrogen-bond donors (Lipinski definition) is 6. The van der Waals surface area contributed by atoms with E-state index in [9.17, 15) is 25.1 Å². The molecule has 0 saturated carbocycles. The lowest BCUT2D eigenvalue weighted by Crippen LogP contribution is -2.44. The summed E-state index contributed by atoms with van der Waals surface area (Å²) in [6.45, 7) is 18.0. The number of carbonyl (C=O) groups excluding carboxylic acids is 2. The highest BCUT2D eigenvalue weighted by molar-refractivity contribution is 5.93. The van der Waals surface area contributed by atoms with Crippen molar-refractivity contribution in [2.75, 3.05) is 83.0 Å². The first kappa shape index (κ1) is 48.3. The van der Waals surface area contributed by atoms with Gasteiger partial charge in [-0.2, -0.15) is 5.26 Å². The Morgan fingerprint density at radius 1 is 0.933 bits per heavy atom. The van der Waals surface area contributed by atoms with Crippen LogP contribution < -0.4 is 21.3 Å². The van der Waals surface area contributed by atoms with Crippen LogP contribution in [0, 0.1) is 11.3 Å². The summed E-state index contributed by atoms with van der Waals surface area (Å²) in [5.74, 6) is 0.382. The first-order valence-corrected chi connectivity index (χ1v) is 21.2. The molecule has 0 spiro atoms. The molecule has 1 aliphatic rings. The van der Waals surface area contributed by atoms with Crippen LogP contribution in [0.25, 0.3) is 11.0 Å². The van der Waals surface area contributed by atoms with Crippen molar-refractivity contribution >= 4 is 34.5 Å². The molecule has 4 rings (SSSR count). The molecule has 17 nitrogen and oxygen atoms in total. The van der Waals surface area contributed by atoms with E-state index < -0.39 is 24.5 Å². The second-order valence-electron chi connectivity index (χ2n) is 16.3. The average Bonchev–Trinajstić information content (AvgIpc) is 3.73. The molecule has 17 heteroatoms. The lowest BCUT2D eigenvalue weighted by atomic mass is 9.87. The highest BCUT2D eigenvalue weighted by atomic mass is 16.6. The number of benzene rings is 1. The molecular weight excluding hydrogens is 771 g/mol. The molecule has 3 amide bonds. The molecule has 332 valence electrons. The van der Waals surface area contributed by atoms with Gasteiger partial charge < -0.3 is 55.0 Å². The zero-order valence-electron chi connectivity index (χ0n) is 36.2. The largest absolute Gasteiger partial charge is 0.387 e. The van der Waals surface area contributed by atoms with Gasteiger partial charge in [0.1, 0.15) is 42.2 Å². The Morgan fingerprint density at radius 2 is 1.60 bits per heavy atom. The van der Waals surface area contributed by atoms with Gasteiger partial charge in [0.25, 0.3) is 0 Å². The first-order chi connectivity index (χ1) is 28.8. The molecule has 0 bridgehead atoms. The molecule has 4 atom stereocenters. The Balaban J connectivity index is 1.20. The van der Waals surface area contributed by atoms with Crippen molar-refractivity contribution in [3.8, 4) is 6.07 Å². The number of aliphatic hydroxyl groups is 2. The predicted octanol–water partition coefficient (Wildman–Crippen LogP) is 4.30. The van der Waals surface area contributed by atoms with Gasteiger partial charge in [0, 0.05) is 63.7 Å². The molecule has 6 N–H and O–H groups in total. The Hall–Kier alpha value is -4.41. The summed E-state index contributed by atoms with van der Waals surface area (Å²) in [7, 11) is 0. The van der Waals surface area contributed by atoms with Crippen molar-refractivity contribution in [1.29, 1.82) is 5.26 Å². The second kappa shape index (κ2) is 24.7. The molecule has 60 heavy (non-hydrogen) atoms. The second-order valence-corrected chi connectivity index (χ2v) is 16.3. The van der Waals surface area contributed by atoms with Crippen LogP contribution in [-0.4, -0.2) is 138 Å². The maximum Gasteiger partial charge on any atom is 0.319 e. The SMILES string of the molecule is CCCOCCOCCOCCC(=O)NCCCCNc1ncnc2c1c(C#N)cn2[C@@H]1O[C@H](CN(CCCNC(=O)Nc2ccc(C(C)(C)C)cc2)C(C)C)C(O)[C@@H]1O. The number of rotatable bonds is 26. The molecule has 3 aromatic rings. The van der Waals surface area contributed by atoms with Gasteiger partial charge >= 0.3 is 6.03 Å². The van der Waals surface area contributed by atoms with E-state index >= 15 is 0 Å². The van der Waals surface area contributed by atoms with E-state index in [1.807, 2.05) is 38.1 Å². The Kier molecular flexibility index (Phi) is 19.9. The number of urea groups is 1. The topological polar surface area (TPSA) is 217 Å². The number of aliphatic hydroxyl groups excluding tert-OH is 2. The highest BCUT2D eigenvalue weighted by Gasteiger charge is 2.45. The third kappa shape index (κ3) is 14.9. The minimum absolute atomic E-state index is 0.0275. The normalized spacial score (nSPS) is 17.9. The molecular formula is C43H67N9O8. The number of nitrogens with zero attached hydrogens (tertiary/aromatic N) is 5. The van der Waals surface area contributed by atoms with Crippen LogP contribution in [-0.2, 0) is 29.2 Å². The predicted molar refractivity (Wildman–Crippen MR) is 230 cm³/mol. The summed E-state index contributed by atoms with van der Waals surface area (Å²) in [6.07, 6.45) is 2.11. The van der Waals surface area contributed by atoms with Gasteiger partial charge in [0.05, 0.1) is 44.0 Å². The summed E-state index contributed by atoms with van der Waals surface area (Å²) in [4.78, 5) is 35.7. The van der Waals surface area contributed by atoms with E-state index in [4.69, 9.17) is 18.9 Å². The lowest BCUT2D eigenvalue weighted by Gasteiger charge is -2.30. The van der Waals surface area contributed by atoms with Gasteiger partial charge in [-0.15, -0.1) is 0 Å². The number of ether oxygens (including phenoxy) is 4. The van der Waals surface area contributed by atoms with Gasteiger partial charge in [0.15, 0.2) is 6.23 Å². The van der Waals surface area contributed by atoms with E-state index in [1.165, 1.54) is 11.9 Å². The molecule has 2 aromatic heterocycles. The molecule has 1 aromatic carbocycles. The Labute approximate surface area is 354 Å². The molecule has 1 unspecified atom stereocenters. The molecule has 1 fully saturated rings. The molecule has 1 saturated heterocycles. The van der Waals surface area contributed by atoms with Gasteiger partial charge in [-0.1, -0.05) is 39.8 Å². The van der Waals surface area contributed by atoms with Gasteiger partial charge in [-0.05, 0) is 62.6 Å². The van der Waals surface area contributed by atoms with Gasteiger partial charge in [-0.3, -0.25) is 9.69 Å². The standard InChI is InChI=1S/C43H67N9O8/c1-7-20-57-22-24-59-25-23-58-21-15-35(53)45-16-8-9-17-46-39-36-31(26-44)27-52(40(36)49-29-48-39)41-38(55)37(54)34(60-41)28-51(30(2)3)19-10-18-47-42(56)50-33-13-11-32(12-14-33)43(4,5)6/h11-14,27,29-30,34,37-38,41,54-55H,7-10,15-25,28H2,1-6H3,(H,45,53)(H,46,48,49)(H2,47,50,56)/t34-,37?,38+,41-/m1/s1. The monoisotopic (exact) mass is 838 g/mol. The minimum Gasteiger partial charge on any atom is -0.387 e. The van der Waals surface area contributed by atoms with Crippen molar-refractivity contribution in [2.24, 2.45) is 0 Å². The average molecular weight is 838 g/mol. The third-order valence-electron chi connectivity index (χ3n) is 10.2. The van der Waals surface area contributed by atoms with Crippen molar-refractivity contribution in [1.82, 2.24) is 30.1 Å². The zero-order valence-corrected chi connectivity index (χ0v) is 36.2. The van der Waals surface area contributed by atoms with Crippen LogP contribution in [0.4, 0.5) is 16.3 Å². The fraction of sp³-hybridized carbons (Fsp3) is 0.651. The fourth-order valence-corrected chi connectivity index (χ4v) is 6.74. The number of anilines is 2. The number of fused-ring (bicyclic) bond motifs is 1. The Bertz CT molecular complexity index is 1790. The number of unbranched alkanes of at least 4 members (excludes halogenated alkanes) is 1. The smallest absolute Gasteiger partial charge is 0.319 e. The van der Waals surface area contributed by atoms with Crippen molar-refractivity contribution in [3.63, 3.8) is 0 Å². The van der Waals surface area contributed by atoms with Crippen molar-refractivity contribution in [3.05, 3.63) is 47.9 Å². The molecule has 1 aliphatic heterocycles. The van der Waals surface area contributed by atoms with Crippen LogP contribution in [0.15, 0.2) is 36.8 Å². The van der Waals surface area contributed by atoms with Crippen LogP contribution in [0.5, 0.6) is 0 Å². The number of hydrogen-bond acceptors (Lipinski definition) is 13. The number of nitriles is 1. The number of carbonyl (C=O) groups is 2. The summed E-state index contributed by atoms with van der Waals surface area (Å²) < 4.78 is 24.1. The summed E-state index contributed by atoms with van der Waals surface area (Å²) in [5, 5.41) is 44.9. The molecule has 0 aliphatic carbocycles. The van der Waals surface area contributed by atoms with E-state index in [0.29, 0.717) is 94.6 Å². The summed E-state index contributed by atoms with van der Waals surface area (Å²) in [5.41, 5.74) is 2.62. The van der Waals surface area contributed by atoms with Gasteiger partial charge in [-0.25, -0.2) is 14.8 Å². The number of nitrogens with one attached hydrogen (secondary N) is 4. The molecule has 0 radical (unpaired) electrons. The quantitative estimate of drug-likeness (QED) is 0.0623. The minimum atomic E-state index is -1.28. The summed E-state index contributed by atoms with van der Waals surface area (Å²) in [6, 6.07) is 9.85. The van der Waals surface area contributed by atoms with Gasteiger partial charge in [0.2, 0.25) is 5.91 Å². The van der Waals surface area contributed by atoms with Crippen LogP contribution >= 0.6 is 0 Å². The van der Waals surface area contributed by atoms with Crippen LogP contribution in [0.3, 0.4) is 0 Å². The van der Waals surface area contributed by atoms with Crippen LogP contribution in [0.2, 0.25) is 0 Å². The van der Waals surface area contributed by atoms with E-state index in [0.717, 1.165) is 31.6 Å². The maximum atomic E-state index is 12.6. The van der Waals surface area contributed by atoms with E-state index in [2.05, 4.69) is 69.9 Å². The fourth-order valence-electron chi connectivity index (χ4n) is 6.74.